The molecular formula is C24H37NO2Sn. The summed E-state index contributed by atoms with van der Waals surface area (Å²) in [6.45, 7) is 0. The predicted molar refractivity (Wildman–Crippen MR) is 116 cm³/mol. The van der Waals surface area contributed by atoms with Crippen LogP contribution in [0, 0.1) is 0 Å². The van der Waals surface area contributed by atoms with E-state index in [2.05, 4.69) is 4.98 Å². The van der Waals surface area contributed by atoms with E-state index in [9.17, 15) is 4.79 Å². The molecule has 4 rings (SSSR count). The average Bonchev–Trinajstić information content (AvgIpc) is 2.80. The van der Waals surface area contributed by atoms with Crippen molar-refractivity contribution in [2.24, 2.45) is 0 Å². The van der Waals surface area contributed by atoms with Gasteiger partial charge in [0.1, 0.15) is 0 Å². The van der Waals surface area contributed by atoms with Crippen molar-refractivity contribution in [3.8, 4) is 0 Å². The molecule has 154 valence electrons. The van der Waals surface area contributed by atoms with Gasteiger partial charge in [0.2, 0.25) is 0 Å². The second-order valence-electron chi connectivity index (χ2n) is 9.49. The molecule has 0 aliphatic heterocycles. The number of hydrogen-bond donors (Lipinski definition) is 0. The third kappa shape index (κ3) is 4.44. The van der Waals surface area contributed by atoms with Crippen molar-refractivity contribution in [1.29, 1.82) is 0 Å². The normalized spacial score (nSPS) is 23.4. The van der Waals surface area contributed by atoms with Gasteiger partial charge >= 0.3 is 176 Å². The van der Waals surface area contributed by atoms with Crippen molar-refractivity contribution in [2.45, 2.75) is 108 Å². The standard InChI is InChI=1S/C6H5NO2.3C6H11.Sn/c8-6(9)5-2-1-3-7-4-5;3*1-2-4-6-5-3-1;/h1-4H,(H,8,9);3*1H,2-6H2;/q;;;;+1/p-1. The van der Waals surface area contributed by atoms with E-state index >= 15 is 0 Å². The van der Waals surface area contributed by atoms with Gasteiger partial charge in [0.05, 0.1) is 0 Å². The first kappa shape index (κ1) is 20.7. The molecule has 3 fully saturated rings. The van der Waals surface area contributed by atoms with Crippen LogP contribution in [-0.4, -0.2) is 29.7 Å². The molecule has 1 aromatic rings. The maximum atomic E-state index is 13.4. The Bertz CT molecular complexity index is 571. The van der Waals surface area contributed by atoms with Gasteiger partial charge in [-0.15, -0.1) is 0 Å². The summed E-state index contributed by atoms with van der Waals surface area (Å²) in [4.78, 5) is 17.6. The third-order valence-corrected chi connectivity index (χ3v) is 25.3. The van der Waals surface area contributed by atoms with Crippen molar-refractivity contribution in [1.82, 2.24) is 4.98 Å². The first-order valence-electron chi connectivity index (χ1n) is 11.9. The van der Waals surface area contributed by atoms with Crippen LogP contribution in [0.1, 0.15) is 107 Å². The van der Waals surface area contributed by atoms with E-state index in [-0.39, 0.29) is 5.97 Å². The van der Waals surface area contributed by atoms with E-state index in [1.807, 2.05) is 12.1 Å². The summed E-state index contributed by atoms with van der Waals surface area (Å²) in [6, 6.07) is 3.77. The molecule has 3 nitrogen and oxygen atoms in total. The number of aromatic nitrogens is 1. The molecule has 0 N–H and O–H groups in total. The molecule has 0 saturated heterocycles. The Labute approximate surface area is 175 Å². The quantitative estimate of drug-likeness (QED) is 0.411. The molecule has 0 atom stereocenters. The van der Waals surface area contributed by atoms with Crippen molar-refractivity contribution in [3.63, 3.8) is 0 Å². The van der Waals surface area contributed by atoms with Crippen molar-refractivity contribution >= 4 is 24.8 Å². The Hall–Kier alpha value is -0.581. The summed E-state index contributed by atoms with van der Waals surface area (Å²) in [5.41, 5.74) is 0.672. The minimum absolute atomic E-state index is 0.0365. The van der Waals surface area contributed by atoms with Gasteiger partial charge in [-0.05, 0) is 0 Å². The van der Waals surface area contributed by atoms with Gasteiger partial charge in [0.25, 0.3) is 0 Å². The van der Waals surface area contributed by atoms with Gasteiger partial charge in [-0.3, -0.25) is 0 Å². The Balaban J connectivity index is 1.70. The van der Waals surface area contributed by atoms with E-state index in [1.165, 1.54) is 96.3 Å². The number of nitrogens with zero attached hydrogens (tertiary/aromatic N) is 1. The zero-order valence-corrected chi connectivity index (χ0v) is 20.3. The van der Waals surface area contributed by atoms with Crippen LogP contribution in [0.4, 0.5) is 0 Å². The van der Waals surface area contributed by atoms with Gasteiger partial charge in [-0.2, -0.15) is 0 Å². The summed E-state index contributed by atoms with van der Waals surface area (Å²) < 4.78 is 9.25. The molecule has 0 bridgehead atoms. The summed E-state index contributed by atoms with van der Waals surface area (Å²) >= 11 is -3.23. The number of carbonyl (C=O) groups is 1. The molecule has 3 aliphatic rings. The fourth-order valence-corrected chi connectivity index (χ4v) is 26.2. The van der Waals surface area contributed by atoms with E-state index in [0.29, 0.717) is 5.56 Å². The van der Waals surface area contributed by atoms with Crippen LogP contribution in [-0.2, 0) is 3.07 Å². The topological polar surface area (TPSA) is 39.2 Å². The number of pyridine rings is 1. The molecule has 0 radical (unpaired) electrons. The minimum atomic E-state index is -3.23. The monoisotopic (exact) mass is 491 g/mol. The van der Waals surface area contributed by atoms with Crippen LogP contribution >= 0.6 is 0 Å². The molecule has 0 unspecified atom stereocenters. The van der Waals surface area contributed by atoms with Crippen LogP contribution in [0.15, 0.2) is 24.5 Å². The van der Waals surface area contributed by atoms with Crippen LogP contribution < -0.4 is 0 Å². The average molecular weight is 490 g/mol. The maximum absolute atomic E-state index is 13.4. The Kier molecular flexibility index (Phi) is 7.35. The van der Waals surface area contributed by atoms with Gasteiger partial charge in [-0.25, -0.2) is 0 Å². The second-order valence-corrected chi connectivity index (χ2v) is 21.9. The van der Waals surface area contributed by atoms with E-state index in [0.717, 1.165) is 11.8 Å². The second kappa shape index (κ2) is 9.95. The predicted octanol–water partition coefficient (Wildman–Crippen LogP) is 7.19. The van der Waals surface area contributed by atoms with E-state index in [1.54, 1.807) is 12.4 Å². The first-order valence-corrected chi connectivity index (χ1v) is 18.0. The van der Waals surface area contributed by atoms with Crippen LogP contribution in [0.5, 0.6) is 0 Å². The molecule has 4 heteroatoms. The summed E-state index contributed by atoms with van der Waals surface area (Å²) in [5.74, 6) is -0.0365. The zero-order chi connectivity index (χ0) is 19.2. The number of carbonyl (C=O) groups excluding carboxylic acids is 1. The summed E-state index contributed by atoms with van der Waals surface area (Å²) in [5, 5.41) is 0. The molecule has 3 saturated carbocycles. The zero-order valence-electron chi connectivity index (χ0n) is 17.4. The molecule has 1 heterocycles. The van der Waals surface area contributed by atoms with Crippen molar-refractivity contribution < 1.29 is 7.87 Å². The van der Waals surface area contributed by atoms with Crippen LogP contribution in [0.25, 0.3) is 0 Å². The molecular weight excluding hydrogens is 453 g/mol. The van der Waals surface area contributed by atoms with E-state index in [4.69, 9.17) is 3.07 Å². The van der Waals surface area contributed by atoms with Gasteiger partial charge < -0.3 is 0 Å². The summed E-state index contributed by atoms with van der Waals surface area (Å²) in [7, 11) is 0. The Morgan fingerprint density at radius 2 is 1.25 bits per heavy atom. The third-order valence-electron chi connectivity index (χ3n) is 7.90. The molecule has 0 spiro atoms. The van der Waals surface area contributed by atoms with Crippen molar-refractivity contribution in [2.75, 3.05) is 0 Å². The number of rotatable bonds is 5. The van der Waals surface area contributed by atoms with Crippen LogP contribution in [0.2, 0.25) is 11.8 Å². The summed E-state index contributed by atoms with van der Waals surface area (Å²) in [6.07, 6.45) is 23.7. The van der Waals surface area contributed by atoms with Gasteiger partial charge in [-0.1, -0.05) is 0 Å². The molecule has 3 aliphatic carbocycles. The van der Waals surface area contributed by atoms with Gasteiger partial charge in [0, 0.05) is 0 Å². The fourth-order valence-electron chi connectivity index (χ4n) is 6.61. The van der Waals surface area contributed by atoms with E-state index < -0.39 is 18.8 Å². The Morgan fingerprint density at radius 3 is 1.64 bits per heavy atom. The van der Waals surface area contributed by atoms with Crippen LogP contribution in [0.3, 0.4) is 0 Å². The molecule has 0 amide bonds. The fraction of sp³-hybridized carbons (Fsp3) is 0.750. The molecule has 28 heavy (non-hydrogen) atoms. The molecule has 1 aromatic heterocycles. The number of hydrogen-bond acceptors (Lipinski definition) is 3. The van der Waals surface area contributed by atoms with Crippen molar-refractivity contribution in [3.05, 3.63) is 30.1 Å². The Morgan fingerprint density at radius 1 is 0.786 bits per heavy atom. The first-order chi connectivity index (χ1) is 13.8. The van der Waals surface area contributed by atoms with Gasteiger partial charge in [0.15, 0.2) is 0 Å². The molecule has 0 aromatic carbocycles. The SMILES string of the molecule is O=C([O][Sn]([CH]1CCCCC1)([CH]1CCCCC1)[CH]1CCCCC1)c1cccnc1.